The summed E-state index contributed by atoms with van der Waals surface area (Å²) in [6, 6.07) is 0. The minimum Gasteiger partial charge on any atom is -0.462 e. The molecule has 4 saturated carbocycles. The molecular weight excluding hydrogens is 508 g/mol. The van der Waals surface area contributed by atoms with Gasteiger partial charge in [0.1, 0.15) is 11.7 Å². The first kappa shape index (κ1) is 31.5. The van der Waals surface area contributed by atoms with Crippen LogP contribution in [-0.4, -0.2) is 29.6 Å². The average molecular weight is 571 g/mol. The zero-order valence-electron chi connectivity index (χ0n) is 28.5. The Morgan fingerprint density at radius 2 is 1.44 bits per heavy atom. The summed E-state index contributed by atoms with van der Waals surface area (Å²) in [6.07, 6.45) is 13.0. The molecule has 0 radical (unpaired) electrons. The zero-order valence-corrected chi connectivity index (χ0v) is 28.5. The Morgan fingerprint density at radius 3 is 2.05 bits per heavy atom. The van der Waals surface area contributed by atoms with Gasteiger partial charge in [-0.3, -0.25) is 9.59 Å². The van der Waals surface area contributed by atoms with Crippen LogP contribution in [0.4, 0.5) is 0 Å². The number of fused-ring (bicyclic) bond motifs is 4. The van der Waals surface area contributed by atoms with Crippen molar-refractivity contribution in [3.63, 3.8) is 0 Å². The molecule has 0 aromatic carbocycles. The lowest BCUT2D eigenvalue weighted by Crippen LogP contribution is -2.62. The van der Waals surface area contributed by atoms with E-state index in [-0.39, 0.29) is 39.8 Å². The standard InChI is InChI=1S/C35H56O4.C2H6/c1-10-32(8)22-14-15-26-31(6,7)27(38-21(3)36)16-17-34(26,11-2)24(22)13-12-23(32)25-20-28-30(4,5)18-19-35(39-28)29(37)33(25,35)9;1-2/h22-28H,10-20H2,1-9H3;1-2H3. The van der Waals surface area contributed by atoms with Crippen molar-refractivity contribution in [2.45, 2.75) is 165 Å². The quantitative estimate of drug-likeness (QED) is 0.316. The summed E-state index contributed by atoms with van der Waals surface area (Å²) in [6.45, 7) is 24.9. The summed E-state index contributed by atoms with van der Waals surface area (Å²) < 4.78 is 12.7. The highest BCUT2D eigenvalue weighted by Gasteiger charge is 2.83. The largest absolute Gasteiger partial charge is 0.462 e. The number of carbonyl (C=O) groups excluding carboxylic acids is 2. The molecule has 11 unspecified atom stereocenters. The number of Topliss-reactive ketones (excluding diaryl/α,β-unsaturated/α-hetero) is 1. The molecule has 2 saturated heterocycles. The molecule has 0 aromatic rings. The van der Waals surface area contributed by atoms with Gasteiger partial charge in [0.2, 0.25) is 0 Å². The zero-order chi connectivity index (χ0) is 30.4. The minimum absolute atomic E-state index is 0.00832. The molecule has 4 nitrogen and oxygen atoms in total. The number of hydrogen-bond acceptors (Lipinski definition) is 4. The van der Waals surface area contributed by atoms with Gasteiger partial charge in [0, 0.05) is 12.3 Å². The molecule has 4 heteroatoms. The molecule has 0 aromatic heterocycles. The lowest BCUT2D eigenvalue weighted by molar-refractivity contribution is -0.228. The Balaban J connectivity index is 0.00000165. The van der Waals surface area contributed by atoms with Gasteiger partial charge in [-0.2, -0.15) is 0 Å². The fourth-order valence-corrected chi connectivity index (χ4v) is 12.6. The van der Waals surface area contributed by atoms with Gasteiger partial charge in [0.05, 0.1) is 11.5 Å². The van der Waals surface area contributed by atoms with E-state index in [1.807, 2.05) is 13.8 Å². The lowest BCUT2D eigenvalue weighted by atomic mass is 9.37. The second-order valence-electron chi connectivity index (χ2n) is 16.7. The number of ether oxygens (including phenoxy) is 2. The van der Waals surface area contributed by atoms with Crippen LogP contribution in [0, 0.1) is 56.7 Å². The third-order valence-corrected chi connectivity index (χ3v) is 15.1. The van der Waals surface area contributed by atoms with Gasteiger partial charge in [-0.1, -0.05) is 68.7 Å². The SMILES string of the molecule is CC.CCC1(C)C2CCC3C(C)(C)C(OC(C)=O)CCC3(CC)C2CCC1C1CC2OC3(CCC2(C)C)C(=O)C13C. The van der Waals surface area contributed by atoms with Crippen LogP contribution in [0.5, 0.6) is 0 Å². The van der Waals surface area contributed by atoms with Crippen LogP contribution in [0.2, 0.25) is 0 Å². The Morgan fingerprint density at radius 1 is 0.829 bits per heavy atom. The lowest BCUT2D eigenvalue weighted by Gasteiger charge is -2.68. The van der Waals surface area contributed by atoms with Crippen LogP contribution >= 0.6 is 0 Å². The van der Waals surface area contributed by atoms with Crippen LogP contribution in [0.3, 0.4) is 0 Å². The molecule has 6 aliphatic rings. The predicted octanol–water partition coefficient (Wildman–Crippen LogP) is 9.18. The molecular formula is C37H62O4. The molecule has 41 heavy (non-hydrogen) atoms. The number of rotatable bonds is 4. The van der Waals surface area contributed by atoms with Crippen molar-refractivity contribution >= 4 is 11.8 Å². The molecule has 234 valence electrons. The maximum absolute atomic E-state index is 13.7. The molecule has 6 rings (SSSR count). The van der Waals surface area contributed by atoms with E-state index in [0.29, 0.717) is 34.9 Å². The van der Waals surface area contributed by atoms with E-state index in [9.17, 15) is 9.59 Å². The molecule has 2 aliphatic heterocycles. The van der Waals surface area contributed by atoms with Gasteiger partial charge in [-0.05, 0) is 117 Å². The Labute approximate surface area is 251 Å². The van der Waals surface area contributed by atoms with Crippen LogP contribution in [0.25, 0.3) is 0 Å². The first-order chi connectivity index (χ1) is 19.2. The van der Waals surface area contributed by atoms with Gasteiger partial charge >= 0.3 is 5.97 Å². The maximum Gasteiger partial charge on any atom is 0.302 e. The van der Waals surface area contributed by atoms with Crippen molar-refractivity contribution in [2.24, 2.45) is 56.7 Å². The summed E-state index contributed by atoms with van der Waals surface area (Å²) in [7, 11) is 0. The Bertz CT molecular complexity index is 1050. The molecule has 1 spiro atoms. The summed E-state index contributed by atoms with van der Waals surface area (Å²) in [5.41, 5.74) is -0.0152. The smallest absolute Gasteiger partial charge is 0.302 e. The van der Waals surface area contributed by atoms with Crippen molar-refractivity contribution in [2.75, 3.05) is 0 Å². The van der Waals surface area contributed by atoms with Gasteiger partial charge in [0.25, 0.3) is 0 Å². The van der Waals surface area contributed by atoms with Crippen LogP contribution in [0.1, 0.15) is 147 Å². The second-order valence-corrected chi connectivity index (χ2v) is 16.7. The molecule has 4 aliphatic carbocycles. The van der Waals surface area contributed by atoms with Crippen LogP contribution in [-0.2, 0) is 19.1 Å². The molecule has 2 heterocycles. The summed E-state index contributed by atoms with van der Waals surface area (Å²) in [4.78, 5) is 25.7. The third kappa shape index (κ3) is 3.99. The first-order valence-electron chi connectivity index (χ1n) is 17.6. The van der Waals surface area contributed by atoms with Crippen molar-refractivity contribution in [1.29, 1.82) is 0 Å². The van der Waals surface area contributed by atoms with E-state index in [4.69, 9.17) is 9.47 Å². The fraction of sp³-hybridized carbons (Fsp3) is 0.946. The Hall–Kier alpha value is -0.900. The molecule has 11 atom stereocenters. The van der Waals surface area contributed by atoms with Crippen LogP contribution < -0.4 is 0 Å². The second kappa shape index (κ2) is 10.1. The topological polar surface area (TPSA) is 52.6 Å². The number of hydrogen-bond donors (Lipinski definition) is 0. The van der Waals surface area contributed by atoms with E-state index < -0.39 is 5.60 Å². The summed E-state index contributed by atoms with van der Waals surface area (Å²) in [5, 5.41) is 0. The highest BCUT2D eigenvalue weighted by atomic mass is 16.5. The highest BCUT2D eigenvalue weighted by molar-refractivity contribution is 6.11. The third-order valence-electron chi connectivity index (χ3n) is 15.1. The van der Waals surface area contributed by atoms with Gasteiger partial charge < -0.3 is 9.47 Å². The molecule has 0 amide bonds. The predicted molar refractivity (Wildman–Crippen MR) is 165 cm³/mol. The average Bonchev–Trinajstić information content (AvgIpc) is 3.42. The molecule has 6 fully saturated rings. The van der Waals surface area contributed by atoms with Crippen molar-refractivity contribution in [3.8, 4) is 0 Å². The summed E-state index contributed by atoms with van der Waals surface area (Å²) in [5.74, 6) is 3.38. The normalized spacial score (nSPS) is 50.7. The van der Waals surface area contributed by atoms with E-state index in [1.54, 1.807) is 6.92 Å². The van der Waals surface area contributed by atoms with Crippen molar-refractivity contribution in [3.05, 3.63) is 0 Å². The van der Waals surface area contributed by atoms with Crippen molar-refractivity contribution < 1.29 is 19.1 Å². The van der Waals surface area contributed by atoms with Crippen LogP contribution in [0.15, 0.2) is 0 Å². The first-order valence-corrected chi connectivity index (χ1v) is 17.6. The van der Waals surface area contributed by atoms with E-state index in [2.05, 4.69) is 55.4 Å². The van der Waals surface area contributed by atoms with Gasteiger partial charge in [0.15, 0.2) is 5.78 Å². The van der Waals surface area contributed by atoms with Crippen molar-refractivity contribution in [1.82, 2.24) is 0 Å². The van der Waals surface area contributed by atoms with Gasteiger partial charge in [-0.15, -0.1) is 0 Å². The Kier molecular flexibility index (Phi) is 7.74. The van der Waals surface area contributed by atoms with E-state index in [1.165, 1.54) is 44.9 Å². The number of carbonyl (C=O) groups is 2. The van der Waals surface area contributed by atoms with E-state index in [0.717, 1.165) is 31.6 Å². The number of esters is 1. The number of ketones is 1. The molecule has 0 N–H and O–H groups in total. The maximum atomic E-state index is 13.7. The monoisotopic (exact) mass is 570 g/mol. The summed E-state index contributed by atoms with van der Waals surface area (Å²) >= 11 is 0. The minimum atomic E-state index is -0.483. The molecule has 2 bridgehead atoms. The van der Waals surface area contributed by atoms with Gasteiger partial charge in [-0.25, -0.2) is 0 Å². The highest BCUT2D eigenvalue weighted by Crippen LogP contribution is 2.76. The fourth-order valence-electron chi connectivity index (χ4n) is 12.6. The van der Waals surface area contributed by atoms with E-state index >= 15 is 0 Å².